The van der Waals surface area contributed by atoms with Gasteiger partial charge in [-0.1, -0.05) is 6.92 Å². The van der Waals surface area contributed by atoms with Gasteiger partial charge >= 0.3 is 5.97 Å². The van der Waals surface area contributed by atoms with Gasteiger partial charge in [0.2, 0.25) is 5.76 Å². The molecule has 1 aliphatic heterocycles. The highest BCUT2D eigenvalue weighted by Gasteiger charge is 2.24. The third kappa shape index (κ3) is 4.24. The first kappa shape index (κ1) is 16.9. The van der Waals surface area contributed by atoms with E-state index in [1.165, 1.54) is 13.2 Å². The molecule has 1 aliphatic rings. The number of nitrogens with one attached hydrogen (secondary N) is 1. The van der Waals surface area contributed by atoms with Crippen LogP contribution in [0.2, 0.25) is 0 Å². The van der Waals surface area contributed by atoms with E-state index < -0.39 is 18.0 Å². The molecule has 126 valence electrons. The third-order valence-corrected chi connectivity index (χ3v) is 3.43. The summed E-state index contributed by atoms with van der Waals surface area (Å²) >= 11 is 0. The monoisotopic (exact) mass is 323 g/mol. The van der Waals surface area contributed by atoms with E-state index in [0.29, 0.717) is 12.4 Å². The highest BCUT2D eigenvalue weighted by molar-refractivity contribution is 5.96. The minimum absolute atomic E-state index is 0.0412. The average molecular weight is 323 g/mol. The predicted octanol–water partition coefficient (Wildman–Crippen LogP) is 1.61. The molecule has 0 saturated carbocycles. The lowest BCUT2D eigenvalue weighted by atomic mass is 10.3. The van der Waals surface area contributed by atoms with Crippen LogP contribution in [0.5, 0.6) is 0 Å². The Morgan fingerprint density at radius 3 is 2.87 bits per heavy atom. The van der Waals surface area contributed by atoms with Crippen molar-refractivity contribution >= 4 is 17.7 Å². The molecule has 0 aromatic carbocycles. The maximum absolute atomic E-state index is 12.2. The molecule has 0 bridgehead atoms. The molecule has 0 unspecified atom stereocenters. The number of nitrogens with zero attached hydrogens (tertiary/aromatic N) is 2. The zero-order valence-corrected chi connectivity index (χ0v) is 13.4. The average Bonchev–Trinajstić information content (AvgIpc) is 3.02. The number of aromatic nitrogens is 2. The van der Waals surface area contributed by atoms with Crippen LogP contribution in [0, 0.1) is 0 Å². The minimum atomic E-state index is -0.978. The molecule has 1 aromatic rings. The second-order valence-electron chi connectivity index (χ2n) is 5.16. The van der Waals surface area contributed by atoms with E-state index in [-0.39, 0.29) is 18.4 Å². The summed E-state index contributed by atoms with van der Waals surface area (Å²) in [6.45, 7) is 6.17. The number of rotatable bonds is 6. The Balaban J connectivity index is 1.94. The van der Waals surface area contributed by atoms with E-state index in [2.05, 4.69) is 10.4 Å². The highest BCUT2D eigenvalue weighted by atomic mass is 16.6. The summed E-state index contributed by atoms with van der Waals surface area (Å²) in [4.78, 5) is 24.0. The van der Waals surface area contributed by atoms with Crippen molar-refractivity contribution in [3.05, 3.63) is 24.3 Å². The minimum Gasteiger partial charge on any atom is -0.493 e. The molecule has 8 heteroatoms. The lowest BCUT2D eigenvalue weighted by molar-refractivity contribution is -0.153. The number of carbonyl (C=O) groups is 2. The van der Waals surface area contributed by atoms with Gasteiger partial charge in [-0.05, 0) is 20.3 Å². The van der Waals surface area contributed by atoms with Crippen LogP contribution in [-0.2, 0) is 23.8 Å². The van der Waals surface area contributed by atoms with Crippen molar-refractivity contribution in [1.82, 2.24) is 9.78 Å². The molecule has 0 aliphatic carbocycles. The molecule has 1 amide bonds. The maximum atomic E-state index is 12.2. The number of ether oxygens (including phenoxy) is 3. The van der Waals surface area contributed by atoms with Gasteiger partial charge in [0.1, 0.15) is 25.3 Å². The van der Waals surface area contributed by atoms with E-state index in [4.69, 9.17) is 14.2 Å². The van der Waals surface area contributed by atoms with Crippen LogP contribution >= 0.6 is 0 Å². The van der Waals surface area contributed by atoms with E-state index in [1.54, 1.807) is 16.9 Å². The lowest BCUT2D eigenvalue weighted by Crippen LogP contribution is -2.32. The summed E-state index contributed by atoms with van der Waals surface area (Å²) in [7, 11) is 0. The van der Waals surface area contributed by atoms with Crippen LogP contribution in [0.1, 0.15) is 33.2 Å². The normalized spacial score (nSPS) is 16.4. The van der Waals surface area contributed by atoms with Crippen molar-refractivity contribution < 1.29 is 23.8 Å². The van der Waals surface area contributed by atoms with E-state index in [9.17, 15) is 9.59 Å². The second kappa shape index (κ2) is 7.66. The van der Waals surface area contributed by atoms with Gasteiger partial charge in [-0.3, -0.25) is 4.79 Å². The fraction of sp³-hybridized carbons (Fsp3) is 0.533. The fourth-order valence-corrected chi connectivity index (χ4v) is 1.91. The van der Waals surface area contributed by atoms with Crippen molar-refractivity contribution in [3.8, 4) is 0 Å². The predicted molar refractivity (Wildman–Crippen MR) is 81.4 cm³/mol. The quantitative estimate of drug-likeness (QED) is 0.800. The Morgan fingerprint density at radius 2 is 2.22 bits per heavy atom. The molecule has 1 N–H and O–H groups in total. The van der Waals surface area contributed by atoms with Crippen LogP contribution < -0.4 is 5.32 Å². The Morgan fingerprint density at radius 1 is 1.43 bits per heavy atom. The molecule has 0 spiro atoms. The summed E-state index contributed by atoms with van der Waals surface area (Å²) < 4.78 is 16.9. The zero-order chi connectivity index (χ0) is 16.8. The van der Waals surface area contributed by atoms with Gasteiger partial charge in [-0.2, -0.15) is 5.10 Å². The molecule has 23 heavy (non-hydrogen) atoms. The van der Waals surface area contributed by atoms with Gasteiger partial charge < -0.3 is 19.5 Å². The number of anilines is 1. The van der Waals surface area contributed by atoms with Crippen LogP contribution in [0.25, 0.3) is 0 Å². The largest absolute Gasteiger partial charge is 0.493 e. The summed E-state index contributed by atoms with van der Waals surface area (Å²) in [5.41, 5.74) is 0. The standard InChI is InChI=1S/C15H21N3O5/c1-4-10(2)18-13(5-6-16-18)17-14(19)11(3)23-15(20)12-9-21-7-8-22-12/h5-6,9-11H,4,7-8H2,1-3H3,(H,17,19)/t10-,11+/m0/s1. The molecular formula is C15H21N3O5. The first-order valence-corrected chi connectivity index (χ1v) is 7.52. The highest BCUT2D eigenvalue weighted by Crippen LogP contribution is 2.17. The van der Waals surface area contributed by atoms with E-state index >= 15 is 0 Å². The lowest BCUT2D eigenvalue weighted by Gasteiger charge is -2.18. The molecule has 0 fully saturated rings. The van der Waals surface area contributed by atoms with Gasteiger partial charge in [-0.25, -0.2) is 9.48 Å². The van der Waals surface area contributed by atoms with Crippen LogP contribution in [0.3, 0.4) is 0 Å². The molecule has 1 aromatic heterocycles. The van der Waals surface area contributed by atoms with Gasteiger partial charge in [-0.15, -0.1) is 0 Å². The van der Waals surface area contributed by atoms with Crippen molar-refractivity contribution in [2.75, 3.05) is 18.5 Å². The Labute approximate surface area is 134 Å². The summed E-state index contributed by atoms with van der Waals surface area (Å²) in [6, 6.07) is 1.84. The molecule has 2 atom stereocenters. The molecule has 0 radical (unpaired) electrons. The SMILES string of the molecule is CC[C@H](C)n1nccc1NC(=O)[C@@H](C)OC(=O)C1=COCCO1. The number of hydrogen-bond acceptors (Lipinski definition) is 6. The first-order valence-electron chi connectivity index (χ1n) is 7.52. The maximum Gasteiger partial charge on any atom is 0.377 e. The van der Waals surface area contributed by atoms with Crippen molar-refractivity contribution in [1.29, 1.82) is 0 Å². The molecular weight excluding hydrogens is 302 g/mol. The summed E-state index contributed by atoms with van der Waals surface area (Å²) in [5, 5.41) is 6.89. The van der Waals surface area contributed by atoms with Gasteiger partial charge in [0, 0.05) is 6.07 Å². The third-order valence-electron chi connectivity index (χ3n) is 3.43. The number of esters is 1. The topological polar surface area (TPSA) is 91.7 Å². The van der Waals surface area contributed by atoms with E-state index in [0.717, 1.165) is 6.42 Å². The van der Waals surface area contributed by atoms with Crippen molar-refractivity contribution in [2.45, 2.75) is 39.3 Å². The summed E-state index contributed by atoms with van der Waals surface area (Å²) in [5.74, 6) is -0.659. The molecule has 2 rings (SSSR count). The Bertz CT molecular complexity index is 596. The molecule has 0 saturated heterocycles. The number of amides is 1. The van der Waals surface area contributed by atoms with Crippen LogP contribution in [0.15, 0.2) is 24.3 Å². The second-order valence-corrected chi connectivity index (χ2v) is 5.16. The van der Waals surface area contributed by atoms with Gasteiger partial charge in [0.25, 0.3) is 5.91 Å². The Kier molecular flexibility index (Phi) is 5.61. The number of carbonyl (C=O) groups excluding carboxylic acids is 2. The molecule has 8 nitrogen and oxygen atoms in total. The van der Waals surface area contributed by atoms with Gasteiger partial charge in [0.05, 0.1) is 12.2 Å². The Hall–Kier alpha value is -2.51. The van der Waals surface area contributed by atoms with Crippen LogP contribution in [-0.4, -0.2) is 41.0 Å². The number of hydrogen-bond donors (Lipinski definition) is 1. The fourth-order valence-electron chi connectivity index (χ4n) is 1.91. The van der Waals surface area contributed by atoms with Gasteiger partial charge in [0.15, 0.2) is 6.10 Å². The smallest absolute Gasteiger partial charge is 0.377 e. The van der Waals surface area contributed by atoms with Crippen LogP contribution in [0.4, 0.5) is 5.82 Å². The van der Waals surface area contributed by atoms with Crippen molar-refractivity contribution in [3.63, 3.8) is 0 Å². The summed E-state index contributed by atoms with van der Waals surface area (Å²) in [6.07, 6.45) is 2.69. The molecule has 2 heterocycles. The van der Waals surface area contributed by atoms with Crippen molar-refractivity contribution in [2.24, 2.45) is 0 Å². The zero-order valence-electron chi connectivity index (χ0n) is 13.4. The first-order chi connectivity index (χ1) is 11.0. The van der Waals surface area contributed by atoms with E-state index in [1.807, 2.05) is 13.8 Å².